The number of halogens is 1. The standard InChI is InChI=1S/C15H19FN4O2/c1-15(2,3)22-14(21)17-8-12-10-20(19-18-12)9-11-6-4-5-7-13(11)16/h4-7,10H,8-9H2,1-3H3,(H,17,21). The van der Waals surface area contributed by atoms with Crippen molar-refractivity contribution >= 4 is 6.09 Å². The van der Waals surface area contributed by atoms with Crippen LogP contribution in [0.4, 0.5) is 9.18 Å². The Hall–Kier alpha value is -2.44. The van der Waals surface area contributed by atoms with E-state index in [1.807, 2.05) is 0 Å². The number of alkyl carbamates (subject to hydrolysis) is 1. The number of nitrogens with one attached hydrogen (secondary N) is 1. The molecule has 7 heteroatoms. The zero-order valence-corrected chi connectivity index (χ0v) is 12.8. The van der Waals surface area contributed by atoms with Crippen LogP contribution in [0.2, 0.25) is 0 Å². The summed E-state index contributed by atoms with van der Waals surface area (Å²) < 4.78 is 20.2. The van der Waals surface area contributed by atoms with Gasteiger partial charge in [0.05, 0.1) is 19.3 Å². The minimum Gasteiger partial charge on any atom is -0.444 e. The zero-order valence-electron chi connectivity index (χ0n) is 12.8. The highest BCUT2D eigenvalue weighted by molar-refractivity contribution is 5.67. The molecule has 1 aromatic heterocycles. The van der Waals surface area contributed by atoms with Crippen LogP contribution in [-0.2, 0) is 17.8 Å². The summed E-state index contributed by atoms with van der Waals surface area (Å²) in [4.78, 5) is 11.5. The Morgan fingerprint density at radius 2 is 2.09 bits per heavy atom. The number of benzene rings is 1. The summed E-state index contributed by atoms with van der Waals surface area (Å²) in [6.07, 6.45) is 1.14. The Morgan fingerprint density at radius 1 is 1.36 bits per heavy atom. The van der Waals surface area contributed by atoms with E-state index in [0.29, 0.717) is 11.3 Å². The molecule has 0 bridgehead atoms. The molecule has 22 heavy (non-hydrogen) atoms. The SMILES string of the molecule is CC(C)(C)OC(=O)NCc1cn(Cc2ccccc2F)nn1. The van der Waals surface area contributed by atoms with E-state index in [1.54, 1.807) is 45.2 Å². The van der Waals surface area contributed by atoms with Gasteiger partial charge in [-0.25, -0.2) is 13.9 Å². The van der Waals surface area contributed by atoms with Crippen molar-refractivity contribution in [1.82, 2.24) is 20.3 Å². The summed E-state index contributed by atoms with van der Waals surface area (Å²) in [5.74, 6) is -0.286. The molecule has 2 aromatic rings. The molecule has 6 nitrogen and oxygen atoms in total. The molecule has 0 radical (unpaired) electrons. The second-order valence-corrected chi connectivity index (χ2v) is 5.85. The maximum absolute atomic E-state index is 13.6. The van der Waals surface area contributed by atoms with Gasteiger partial charge in [-0.2, -0.15) is 0 Å². The molecule has 2 rings (SSSR count). The molecular formula is C15H19FN4O2. The van der Waals surface area contributed by atoms with Crippen LogP contribution in [0.15, 0.2) is 30.5 Å². The summed E-state index contributed by atoms with van der Waals surface area (Å²) in [5.41, 5.74) is 0.549. The van der Waals surface area contributed by atoms with Gasteiger partial charge in [-0.3, -0.25) is 0 Å². The quantitative estimate of drug-likeness (QED) is 0.942. The van der Waals surface area contributed by atoms with E-state index in [1.165, 1.54) is 10.7 Å². The molecule has 0 saturated heterocycles. The van der Waals surface area contributed by atoms with Gasteiger partial charge in [0.1, 0.15) is 17.1 Å². The highest BCUT2D eigenvalue weighted by atomic mass is 19.1. The van der Waals surface area contributed by atoms with Crippen LogP contribution in [0.25, 0.3) is 0 Å². The number of nitrogens with zero attached hydrogens (tertiary/aromatic N) is 3. The highest BCUT2D eigenvalue weighted by Gasteiger charge is 2.16. The molecule has 0 aliphatic carbocycles. The zero-order chi connectivity index (χ0) is 16.2. The second-order valence-electron chi connectivity index (χ2n) is 5.85. The fourth-order valence-electron chi connectivity index (χ4n) is 1.77. The molecule has 0 aliphatic rings. The molecule has 0 atom stereocenters. The molecule has 0 aliphatic heterocycles. The van der Waals surface area contributed by atoms with E-state index in [9.17, 15) is 9.18 Å². The summed E-state index contributed by atoms with van der Waals surface area (Å²) in [6.45, 7) is 5.85. The molecule has 1 N–H and O–H groups in total. The highest BCUT2D eigenvalue weighted by Crippen LogP contribution is 2.09. The number of ether oxygens (including phenoxy) is 1. The predicted molar refractivity (Wildman–Crippen MR) is 78.6 cm³/mol. The van der Waals surface area contributed by atoms with Crippen LogP contribution in [0.3, 0.4) is 0 Å². The number of amides is 1. The predicted octanol–water partition coefficient (Wildman–Crippen LogP) is 2.49. The molecule has 0 spiro atoms. The van der Waals surface area contributed by atoms with Gasteiger partial charge in [0.15, 0.2) is 0 Å². The van der Waals surface area contributed by atoms with E-state index < -0.39 is 11.7 Å². The summed E-state index contributed by atoms with van der Waals surface area (Å²) in [5, 5.41) is 10.4. The first-order valence-electron chi connectivity index (χ1n) is 6.93. The van der Waals surface area contributed by atoms with Gasteiger partial charge in [-0.1, -0.05) is 23.4 Å². The first-order chi connectivity index (χ1) is 10.3. The van der Waals surface area contributed by atoms with Gasteiger partial charge >= 0.3 is 6.09 Å². The Kier molecular flexibility index (Phi) is 4.75. The van der Waals surface area contributed by atoms with E-state index in [2.05, 4.69) is 15.6 Å². The first kappa shape index (κ1) is 15.9. The van der Waals surface area contributed by atoms with Crippen molar-refractivity contribution < 1.29 is 13.9 Å². The first-order valence-corrected chi connectivity index (χ1v) is 6.93. The average molecular weight is 306 g/mol. The topological polar surface area (TPSA) is 69.0 Å². The second kappa shape index (κ2) is 6.55. The smallest absolute Gasteiger partial charge is 0.407 e. The van der Waals surface area contributed by atoms with Crippen LogP contribution in [0.1, 0.15) is 32.0 Å². The lowest BCUT2D eigenvalue weighted by Gasteiger charge is -2.19. The Morgan fingerprint density at radius 3 is 2.77 bits per heavy atom. The van der Waals surface area contributed by atoms with Crippen molar-refractivity contribution in [2.45, 2.75) is 39.5 Å². The lowest BCUT2D eigenvalue weighted by molar-refractivity contribution is 0.0523. The number of carbonyl (C=O) groups excluding carboxylic acids is 1. The monoisotopic (exact) mass is 306 g/mol. The number of hydrogen-bond donors (Lipinski definition) is 1. The van der Waals surface area contributed by atoms with Gasteiger partial charge in [0, 0.05) is 5.56 Å². The van der Waals surface area contributed by atoms with Crippen LogP contribution in [0.5, 0.6) is 0 Å². The fraction of sp³-hybridized carbons (Fsp3) is 0.400. The molecule has 118 valence electrons. The summed E-state index contributed by atoms with van der Waals surface area (Å²) in [6, 6.07) is 6.49. The molecular weight excluding hydrogens is 287 g/mol. The van der Waals surface area contributed by atoms with Crippen LogP contribution in [-0.4, -0.2) is 26.7 Å². The van der Waals surface area contributed by atoms with Crippen molar-refractivity contribution in [2.24, 2.45) is 0 Å². The van der Waals surface area contributed by atoms with Crippen molar-refractivity contribution in [3.8, 4) is 0 Å². The minimum absolute atomic E-state index is 0.201. The number of hydrogen-bond acceptors (Lipinski definition) is 4. The summed E-state index contributed by atoms with van der Waals surface area (Å²) >= 11 is 0. The van der Waals surface area contributed by atoms with Crippen molar-refractivity contribution in [1.29, 1.82) is 0 Å². The molecule has 1 amide bonds. The van der Waals surface area contributed by atoms with E-state index in [-0.39, 0.29) is 18.9 Å². The normalized spacial score (nSPS) is 11.3. The summed E-state index contributed by atoms with van der Waals surface area (Å²) in [7, 11) is 0. The van der Waals surface area contributed by atoms with Gasteiger partial charge in [-0.15, -0.1) is 5.10 Å². The van der Waals surface area contributed by atoms with Crippen LogP contribution < -0.4 is 5.32 Å². The molecule has 0 fully saturated rings. The van der Waals surface area contributed by atoms with Gasteiger partial charge < -0.3 is 10.1 Å². The molecule has 1 aromatic carbocycles. The Balaban J connectivity index is 1.89. The largest absolute Gasteiger partial charge is 0.444 e. The van der Waals surface area contributed by atoms with Crippen molar-refractivity contribution in [3.05, 3.63) is 47.5 Å². The van der Waals surface area contributed by atoms with Crippen molar-refractivity contribution in [2.75, 3.05) is 0 Å². The maximum atomic E-state index is 13.6. The third-order valence-electron chi connectivity index (χ3n) is 2.69. The Labute approximate surface area is 128 Å². The van der Waals surface area contributed by atoms with Crippen LogP contribution in [0, 0.1) is 5.82 Å². The Bertz CT molecular complexity index is 649. The van der Waals surface area contributed by atoms with E-state index in [0.717, 1.165) is 0 Å². The molecule has 1 heterocycles. The lowest BCUT2D eigenvalue weighted by Crippen LogP contribution is -2.32. The van der Waals surface area contributed by atoms with Gasteiger partial charge in [-0.05, 0) is 26.8 Å². The number of carbonyl (C=O) groups is 1. The third kappa shape index (κ3) is 4.83. The van der Waals surface area contributed by atoms with Gasteiger partial charge in [0.2, 0.25) is 0 Å². The van der Waals surface area contributed by atoms with E-state index >= 15 is 0 Å². The fourth-order valence-corrected chi connectivity index (χ4v) is 1.77. The lowest BCUT2D eigenvalue weighted by atomic mass is 10.2. The van der Waals surface area contributed by atoms with Gasteiger partial charge in [0.25, 0.3) is 0 Å². The third-order valence-corrected chi connectivity index (χ3v) is 2.69. The number of rotatable bonds is 4. The maximum Gasteiger partial charge on any atom is 0.407 e. The minimum atomic E-state index is -0.549. The number of aromatic nitrogens is 3. The van der Waals surface area contributed by atoms with Crippen molar-refractivity contribution in [3.63, 3.8) is 0 Å². The van der Waals surface area contributed by atoms with E-state index in [4.69, 9.17) is 4.74 Å². The van der Waals surface area contributed by atoms with Crippen LogP contribution >= 0.6 is 0 Å². The average Bonchev–Trinajstić information content (AvgIpc) is 2.85. The molecule has 0 unspecified atom stereocenters. The molecule has 0 saturated carbocycles.